The van der Waals surface area contributed by atoms with Crippen LogP contribution in [-0.4, -0.2) is 29.8 Å². The Hall–Kier alpha value is -2.83. The van der Waals surface area contributed by atoms with Gasteiger partial charge in [-0.2, -0.15) is 13.2 Å². The highest BCUT2D eigenvalue weighted by Crippen LogP contribution is 2.30. The van der Waals surface area contributed by atoms with Crippen molar-refractivity contribution in [3.05, 3.63) is 65.2 Å². The molecule has 7 heteroatoms. The minimum absolute atomic E-state index is 0.0707. The molecule has 1 aliphatic carbocycles. The lowest BCUT2D eigenvalue weighted by atomic mass is 9.84. The van der Waals surface area contributed by atoms with E-state index in [-0.39, 0.29) is 17.5 Å². The van der Waals surface area contributed by atoms with Crippen molar-refractivity contribution in [3.63, 3.8) is 0 Å². The van der Waals surface area contributed by atoms with Crippen molar-refractivity contribution in [1.82, 2.24) is 4.90 Å². The maximum atomic E-state index is 12.8. The first-order valence-corrected chi connectivity index (χ1v) is 10.5. The number of nitrogens with zero attached hydrogens (tertiary/aromatic N) is 1. The van der Waals surface area contributed by atoms with Gasteiger partial charge in [0, 0.05) is 29.9 Å². The van der Waals surface area contributed by atoms with E-state index in [0.717, 1.165) is 37.1 Å². The lowest BCUT2D eigenvalue weighted by Crippen LogP contribution is -2.40. The Morgan fingerprint density at radius 3 is 2.03 bits per heavy atom. The highest BCUT2D eigenvalue weighted by molar-refractivity contribution is 6.04. The third-order valence-electron chi connectivity index (χ3n) is 6.13. The van der Waals surface area contributed by atoms with Crippen LogP contribution in [0.5, 0.6) is 0 Å². The zero-order valence-corrected chi connectivity index (χ0v) is 17.7. The fourth-order valence-corrected chi connectivity index (χ4v) is 4.03. The maximum absolute atomic E-state index is 12.8. The summed E-state index contributed by atoms with van der Waals surface area (Å²) in [6.07, 6.45) is 1.54. The Balaban J connectivity index is 1.61. The standard InChI is InChI=1S/C24H27F3N2O2/c1-16(17-6-4-3-5-7-17)29(2)23(31)19-10-14-21(15-11-19)28-22(30)18-8-12-20(13-9-18)24(25,26)27/h8-17H,3-7H2,1-2H3,(H,28,30). The van der Waals surface area contributed by atoms with Crippen molar-refractivity contribution in [2.45, 2.75) is 51.2 Å². The van der Waals surface area contributed by atoms with E-state index in [1.54, 1.807) is 29.2 Å². The molecule has 0 aromatic heterocycles. The molecule has 166 valence electrons. The first-order chi connectivity index (χ1) is 14.7. The van der Waals surface area contributed by atoms with E-state index in [0.29, 0.717) is 17.2 Å². The van der Waals surface area contributed by atoms with E-state index in [9.17, 15) is 22.8 Å². The minimum Gasteiger partial charge on any atom is -0.339 e. The molecule has 0 saturated heterocycles. The zero-order valence-electron chi connectivity index (χ0n) is 17.7. The highest BCUT2D eigenvalue weighted by atomic mass is 19.4. The summed E-state index contributed by atoms with van der Waals surface area (Å²) in [6.45, 7) is 2.09. The van der Waals surface area contributed by atoms with Gasteiger partial charge in [-0.25, -0.2) is 0 Å². The van der Waals surface area contributed by atoms with E-state index in [2.05, 4.69) is 12.2 Å². The number of alkyl halides is 3. The van der Waals surface area contributed by atoms with Crippen LogP contribution in [0.4, 0.5) is 18.9 Å². The van der Waals surface area contributed by atoms with E-state index in [4.69, 9.17) is 0 Å². The molecule has 0 bridgehead atoms. The molecule has 0 radical (unpaired) electrons. The summed E-state index contributed by atoms with van der Waals surface area (Å²) in [4.78, 5) is 26.9. The number of hydrogen-bond acceptors (Lipinski definition) is 2. The van der Waals surface area contributed by atoms with Crippen molar-refractivity contribution in [2.75, 3.05) is 12.4 Å². The summed E-state index contributed by atoms with van der Waals surface area (Å²) in [5.74, 6) is -0.0699. The molecule has 2 aromatic carbocycles. The molecule has 1 fully saturated rings. The Kier molecular flexibility index (Phi) is 7.03. The van der Waals surface area contributed by atoms with Crippen LogP contribution in [0.1, 0.15) is 65.3 Å². The first-order valence-electron chi connectivity index (χ1n) is 10.5. The average molecular weight is 432 g/mol. The van der Waals surface area contributed by atoms with Crippen LogP contribution in [0.2, 0.25) is 0 Å². The van der Waals surface area contributed by atoms with Gasteiger partial charge in [0.25, 0.3) is 11.8 Å². The fraction of sp³-hybridized carbons (Fsp3) is 0.417. The molecule has 1 saturated carbocycles. The van der Waals surface area contributed by atoms with Crippen molar-refractivity contribution in [2.24, 2.45) is 5.92 Å². The number of carbonyl (C=O) groups is 2. The average Bonchev–Trinajstić information content (AvgIpc) is 2.78. The molecular weight excluding hydrogens is 405 g/mol. The number of anilines is 1. The van der Waals surface area contributed by atoms with Gasteiger partial charge >= 0.3 is 6.18 Å². The Labute approximate surface area is 180 Å². The van der Waals surface area contributed by atoms with Crippen LogP contribution in [0.25, 0.3) is 0 Å². The Morgan fingerprint density at radius 1 is 0.935 bits per heavy atom. The summed E-state index contributed by atoms with van der Waals surface area (Å²) in [7, 11) is 1.82. The molecule has 1 aliphatic rings. The summed E-state index contributed by atoms with van der Waals surface area (Å²) >= 11 is 0. The Bertz CT molecular complexity index is 902. The van der Waals surface area contributed by atoms with Gasteiger partial charge < -0.3 is 10.2 Å². The molecule has 1 atom stereocenters. The molecule has 1 N–H and O–H groups in total. The van der Waals surface area contributed by atoms with E-state index in [1.807, 2.05) is 7.05 Å². The van der Waals surface area contributed by atoms with E-state index >= 15 is 0 Å². The van der Waals surface area contributed by atoms with Crippen molar-refractivity contribution in [3.8, 4) is 0 Å². The molecule has 1 unspecified atom stereocenters. The van der Waals surface area contributed by atoms with Crippen molar-refractivity contribution < 1.29 is 22.8 Å². The molecular formula is C24H27F3N2O2. The minimum atomic E-state index is -4.45. The summed E-state index contributed by atoms with van der Waals surface area (Å²) in [5.41, 5.74) is 0.301. The van der Waals surface area contributed by atoms with E-state index in [1.165, 1.54) is 19.3 Å². The van der Waals surface area contributed by atoms with Gasteiger partial charge in [-0.05, 0) is 74.2 Å². The van der Waals surface area contributed by atoms with Gasteiger partial charge in [0.1, 0.15) is 0 Å². The lowest BCUT2D eigenvalue weighted by molar-refractivity contribution is -0.137. The number of carbonyl (C=O) groups excluding carboxylic acids is 2. The van der Waals surface area contributed by atoms with Crippen LogP contribution in [-0.2, 0) is 6.18 Å². The van der Waals surface area contributed by atoms with Crippen LogP contribution in [0.3, 0.4) is 0 Å². The lowest BCUT2D eigenvalue weighted by Gasteiger charge is -2.34. The molecule has 31 heavy (non-hydrogen) atoms. The van der Waals surface area contributed by atoms with Gasteiger partial charge in [-0.1, -0.05) is 19.3 Å². The number of benzene rings is 2. The summed E-state index contributed by atoms with van der Waals surface area (Å²) in [6, 6.07) is 10.7. The van der Waals surface area contributed by atoms with Crippen LogP contribution >= 0.6 is 0 Å². The largest absolute Gasteiger partial charge is 0.416 e. The maximum Gasteiger partial charge on any atom is 0.416 e. The van der Waals surface area contributed by atoms with Gasteiger partial charge in [0.2, 0.25) is 0 Å². The monoisotopic (exact) mass is 432 g/mol. The molecule has 2 amide bonds. The second-order valence-corrected chi connectivity index (χ2v) is 8.16. The third-order valence-corrected chi connectivity index (χ3v) is 6.13. The Morgan fingerprint density at radius 2 is 1.48 bits per heavy atom. The van der Waals surface area contributed by atoms with Crippen LogP contribution in [0, 0.1) is 5.92 Å². The molecule has 0 aliphatic heterocycles. The van der Waals surface area contributed by atoms with Gasteiger partial charge in [-0.15, -0.1) is 0 Å². The van der Waals surface area contributed by atoms with Crippen LogP contribution in [0.15, 0.2) is 48.5 Å². The molecule has 4 nitrogen and oxygen atoms in total. The predicted molar refractivity (Wildman–Crippen MR) is 114 cm³/mol. The predicted octanol–water partition coefficient (Wildman–Crippen LogP) is 6.00. The first kappa shape index (κ1) is 22.8. The van der Waals surface area contributed by atoms with Crippen molar-refractivity contribution >= 4 is 17.5 Å². The molecule has 2 aromatic rings. The number of halogens is 3. The van der Waals surface area contributed by atoms with Gasteiger partial charge in [-0.3, -0.25) is 9.59 Å². The molecule has 3 rings (SSSR count). The van der Waals surface area contributed by atoms with Gasteiger partial charge in [0.15, 0.2) is 0 Å². The number of hydrogen-bond donors (Lipinski definition) is 1. The SMILES string of the molecule is CC(C1CCCCC1)N(C)C(=O)c1ccc(NC(=O)c2ccc(C(F)(F)F)cc2)cc1. The second kappa shape index (κ2) is 9.54. The van der Waals surface area contributed by atoms with E-state index < -0.39 is 17.6 Å². The number of nitrogens with one attached hydrogen (secondary N) is 1. The number of amides is 2. The normalized spacial score (nSPS) is 15.9. The fourth-order valence-electron chi connectivity index (χ4n) is 4.03. The van der Waals surface area contributed by atoms with Crippen molar-refractivity contribution in [1.29, 1.82) is 0 Å². The van der Waals surface area contributed by atoms with Crippen LogP contribution < -0.4 is 5.32 Å². The second-order valence-electron chi connectivity index (χ2n) is 8.16. The third kappa shape index (κ3) is 5.66. The summed E-state index contributed by atoms with van der Waals surface area (Å²) < 4.78 is 38.0. The highest BCUT2D eigenvalue weighted by Gasteiger charge is 2.30. The quantitative estimate of drug-likeness (QED) is 0.630. The topological polar surface area (TPSA) is 49.4 Å². The number of rotatable bonds is 5. The van der Waals surface area contributed by atoms with Gasteiger partial charge in [0.05, 0.1) is 5.56 Å². The zero-order chi connectivity index (χ0) is 22.6. The smallest absolute Gasteiger partial charge is 0.339 e. The summed E-state index contributed by atoms with van der Waals surface area (Å²) in [5, 5.41) is 2.64. The molecule has 0 spiro atoms. The molecule has 0 heterocycles.